The van der Waals surface area contributed by atoms with E-state index in [1.165, 1.54) is 11.8 Å². The number of aliphatic hydroxyl groups excluding tert-OH is 1. The van der Waals surface area contributed by atoms with Crippen LogP contribution in [-0.2, 0) is 4.79 Å². The SMILES string of the molecule is O=C(CSc1nc2ccccc2o1)NC1CCC(CO)CC1. The summed E-state index contributed by atoms with van der Waals surface area (Å²) in [6.07, 6.45) is 3.87. The summed E-state index contributed by atoms with van der Waals surface area (Å²) in [7, 11) is 0. The molecule has 1 fully saturated rings. The molecule has 2 N–H and O–H groups in total. The first-order valence-electron chi connectivity index (χ1n) is 7.63. The van der Waals surface area contributed by atoms with Crippen molar-refractivity contribution in [3.8, 4) is 0 Å². The molecule has 3 rings (SSSR count). The number of aliphatic hydroxyl groups is 1. The van der Waals surface area contributed by atoms with E-state index in [9.17, 15) is 4.79 Å². The molecule has 1 aliphatic rings. The first-order valence-corrected chi connectivity index (χ1v) is 8.62. The van der Waals surface area contributed by atoms with Crippen molar-refractivity contribution >= 4 is 28.8 Å². The highest BCUT2D eigenvalue weighted by molar-refractivity contribution is 7.99. The zero-order chi connectivity index (χ0) is 15.4. The van der Waals surface area contributed by atoms with Crippen LogP contribution in [0, 0.1) is 5.92 Å². The van der Waals surface area contributed by atoms with Crippen LogP contribution in [0.5, 0.6) is 0 Å². The number of carbonyl (C=O) groups excluding carboxylic acids is 1. The van der Waals surface area contributed by atoms with E-state index in [-0.39, 0.29) is 18.6 Å². The number of para-hydroxylation sites is 2. The number of thioether (sulfide) groups is 1. The predicted molar refractivity (Wildman–Crippen MR) is 85.7 cm³/mol. The Morgan fingerprint density at radius 3 is 2.82 bits per heavy atom. The molecule has 0 atom stereocenters. The molecule has 0 unspecified atom stereocenters. The van der Waals surface area contributed by atoms with Gasteiger partial charge in [-0.3, -0.25) is 4.79 Å². The van der Waals surface area contributed by atoms with Crippen LogP contribution in [0.2, 0.25) is 0 Å². The fourth-order valence-electron chi connectivity index (χ4n) is 2.80. The van der Waals surface area contributed by atoms with Crippen molar-refractivity contribution in [2.24, 2.45) is 5.92 Å². The summed E-state index contributed by atoms with van der Waals surface area (Å²) >= 11 is 1.32. The van der Waals surface area contributed by atoms with E-state index in [4.69, 9.17) is 9.52 Å². The summed E-state index contributed by atoms with van der Waals surface area (Å²) in [5, 5.41) is 12.7. The number of nitrogens with one attached hydrogen (secondary N) is 1. The standard InChI is InChI=1S/C16H20N2O3S/c19-9-11-5-7-12(8-6-11)17-15(20)10-22-16-18-13-3-1-2-4-14(13)21-16/h1-4,11-12,19H,5-10H2,(H,17,20). The van der Waals surface area contributed by atoms with Crippen LogP contribution in [0.4, 0.5) is 0 Å². The molecule has 1 aromatic carbocycles. The number of benzene rings is 1. The number of hydrogen-bond acceptors (Lipinski definition) is 5. The molecule has 118 valence electrons. The molecule has 22 heavy (non-hydrogen) atoms. The van der Waals surface area contributed by atoms with Gasteiger partial charge in [0.25, 0.3) is 5.22 Å². The van der Waals surface area contributed by atoms with Crippen molar-refractivity contribution in [3.05, 3.63) is 24.3 Å². The molecule has 1 heterocycles. The maximum Gasteiger partial charge on any atom is 0.257 e. The van der Waals surface area contributed by atoms with Crippen molar-refractivity contribution < 1.29 is 14.3 Å². The minimum Gasteiger partial charge on any atom is -0.431 e. The van der Waals surface area contributed by atoms with Crippen molar-refractivity contribution in [2.75, 3.05) is 12.4 Å². The van der Waals surface area contributed by atoms with Gasteiger partial charge < -0.3 is 14.8 Å². The molecule has 5 nitrogen and oxygen atoms in total. The number of rotatable bonds is 5. The molecule has 1 amide bonds. The van der Waals surface area contributed by atoms with Crippen molar-refractivity contribution in [2.45, 2.75) is 36.9 Å². The number of amides is 1. The zero-order valence-corrected chi connectivity index (χ0v) is 13.1. The second-order valence-electron chi connectivity index (χ2n) is 5.70. The lowest BCUT2D eigenvalue weighted by molar-refractivity contribution is -0.119. The van der Waals surface area contributed by atoms with E-state index in [0.717, 1.165) is 36.8 Å². The number of nitrogens with zero attached hydrogens (tertiary/aromatic N) is 1. The monoisotopic (exact) mass is 320 g/mol. The Hall–Kier alpha value is -1.53. The molecular weight excluding hydrogens is 300 g/mol. The van der Waals surface area contributed by atoms with Gasteiger partial charge in [0.05, 0.1) is 5.75 Å². The Bertz CT molecular complexity index is 602. The molecule has 6 heteroatoms. The number of fused-ring (bicyclic) bond motifs is 1. The van der Waals surface area contributed by atoms with E-state index in [1.54, 1.807) is 0 Å². The van der Waals surface area contributed by atoms with Crippen molar-refractivity contribution in [1.82, 2.24) is 10.3 Å². The minimum atomic E-state index is 0.0136. The van der Waals surface area contributed by atoms with Gasteiger partial charge in [0.15, 0.2) is 5.58 Å². The largest absolute Gasteiger partial charge is 0.431 e. The summed E-state index contributed by atoms with van der Waals surface area (Å²) in [5.74, 6) is 0.731. The third-order valence-electron chi connectivity index (χ3n) is 4.07. The first kappa shape index (κ1) is 15.4. The quantitative estimate of drug-likeness (QED) is 0.828. The van der Waals surface area contributed by atoms with Crippen LogP contribution in [0.3, 0.4) is 0 Å². The van der Waals surface area contributed by atoms with Gasteiger partial charge in [-0.1, -0.05) is 23.9 Å². The van der Waals surface area contributed by atoms with Crippen LogP contribution in [-0.4, -0.2) is 34.4 Å². The molecule has 0 saturated heterocycles. The molecule has 1 saturated carbocycles. The molecular formula is C16H20N2O3S. The normalized spacial score (nSPS) is 21.9. The van der Waals surface area contributed by atoms with Gasteiger partial charge >= 0.3 is 0 Å². The second kappa shape index (κ2) is 7.15. The van der Waals surface area contributed by atoms with Gasteiger partial charge in [-0.15, -0.1) is 0 Å². The molecule has 0 spiro atoms. The first-order chi connectivity index (χ1) is 10.7. The lowest BCUT2D eigenvalue weighted by atomic mass is 9.86. The van der Waals surface area contributed by atoms with Crippen molar-refractivity contribution in [3.63, 3.8) is 0 Å². The lowest BCUT2D eigenvalue weighted by Crippen LogP contribution is -2.38. The van der Waals surface area contributed by atoms with E-state index in [1.807, 2.05) is 24.3 Å². The van der Waals surface area contributed by atoms with Crippen LogP contribution < -0.4 is 5.32 Å². The number of carbonyl (C=O) groups is 1. The summed E-state index contributed by atoms with van der Waals surface area (Å²) < 4.78 is 5.58. The van der Waals surface area contributed by atoms with Gasteiger partial charge in [0.1, 0.15) is 5.52 Å². The molecule has 1 aliphatic carbocycles. The van der Waals surface area contributed by atoms with Crippen LogP contribution in [0.15, 0.2) is 33.9 Å². The molecule has 2 aromatic rings. The van der Waals surface area contributed by atoms with Crippen LogP contribution >= 0.6 is 11.8 Å². The highest BCUT2D eigenvalue weighted by Gasteiger charge is 2.22. The van der Waals surface area contributed by atoms with E-state index >= 15 is 0 Å². The smallest absolute Gasteiger partial charge is 0.257 e. The topological polar surface area (TPSA) is 75.4 Å². The minimum absolute atomic E-state index is 0.0136. The fourth-order valence-corrected chi connectivity index (χ4v) is 3.45. The van der Waals surface area contributed by atoms with E-state index < -0.39 is 0 Å². The van der Waals surface area contributed by atoms with Crippen molar-refractivity contribution in [1.29, 1.82) is 0 Å². The molecule has 1 aromatic heterocycles. The Labute approximate surface area is 133 Å². The summed E-state index contributed by atoms with van der Waals surface area (Å²) in [5.41, 5.74) is 1.56. The lowest BCUT2D eigenvalue weighted by Gasteiger charge is -2.27. The van der Waals surface area contributed by atoms with Crippen LogP contribution in [0.25, 0.3) is 11.1 Å². The Kier molecular flexibility index (Phi) is 5.00. The predicted octanol–water partition coefficient (Wildman–Crippen LogP) is 2.59. The average molecular weight is 320 g/mol. The highest BCUT2D eigenvalue weighted by Crippen LogP contribution is 2.25. The van der Waals surface area contributed by atoms with Gasteiger partial charge in [0.2, 0.25) is 5.91 Å². The third-order valence-corrected chi connectivity index (χ3v) is 4.90. The van der Waals surface area contributed by atoms with Gasteiger partial charge in [-0.05, 0) is 43.7 Å². The number of hydrogen-bond donors (Lipinski definition) is 2. The Balaban J connectivity index is 1.46. The average Bonchev–Trinajstić information content (AvgIpc) is 2.96. The maximum absolute atomic E-state index is 12.0. The molecule has 0 radical (unpaired) electrons. The van der Waals surface area contributed by atoms with E-state index in [0.29, 0.717) is 16.9 Å². The third kappa shape index (κ3) is 3.81. The second-order valence-corrected chi connectivity index (χ2v) is 6.63. The fraction of sp³-hybridized carbons (Fsp3) is 0.500. The van der Waals surface area contributed by atoms with Crippen LogP contribution in [0.1, 0.15) is 25.7 Å². The van der Waals surface area contributed by atoms with Gasteiger partial charge in [0, 0.05) is 12.6 Å². The maximum atomic E-state index is 12.0. The van der Waals surface area contributed by atoms with Gasteiger partial charge in [-0.2, -0.15) is 0 Å². The summed E-state index contributed by atoms with van der Waals surface area (Å²) in [6.45, 7) is 0.258. The number of aromatic nitrogens is 1. The highest BCUT2D eigenvalue weighted by atomic mass is 32.2. The molecule has 0 bridgehead atoms. The Morgan fingerprint density at radius 2 is 2.09 bits per heavy atom. The Morgan fingerprint density at radius 1 is 1.32 bits per heavy atom. The summed E-state index contributed by atoms with van der Waals surface area (Å²) in [4.78, 5) is 16.3. The molecule has 0 aliphatic heterocycles. The van der Waals surface area contributed by atoms with Gasteiger partial charge in [-0.25, -0.2) is 4.98 Å². The number of oxazole rings is 1. The summed E-state index contributed by atoms with van der Waals surface area (Å²) in [6, 6.07) is 7.81. The zero-order valence-electron chi connectivity index (χ0n) is 12.3. The van der Waals surface area contributed by atoms with E-state index in [2.05, 4.69) is 10.3 Å².